The molecule has 0 radical (unpaired) electrons. The molecule has 0 aliphatic rings. The van der Waals surface area contributed by atoms with Gasteiger partial charge in [-0.05, 0) is 6.42 Å². The quantitative estimate of drug-likeness (QED) is 0.490. The number of hydrogen-bond acceptors (Lipinski definition) is 7. The van der Waals surface area contributed by atoms with Gasteiger partial charge >= 0.3 is 0 Å². The highest BCUT2D eigenvalue weighted by molar-refractivity contribution is 7.91. The highest BCUT2D eigenvalue weighted by Gasteiger charge is 2.24. The van der Waals surface area contributed by atoms with Crippen LogP contribution < -0.4 is 15.8 Å². The van der Waals surface area contributed by atoms with Crippen LogP contribution in [0.4, 0.5) is 5.13 Å². The molecule has 4 N–H and O–H groups in total. The number of nitrogens with two attached hydrogens (primary N) is 1. The van der Waals surface area contributed by atoms with Gasteiger partial charge in [-0.2, -0.15) is 4.72 Å². The molecule has 0 spiro atoms. The molecule has 0 saturated carbocycles. The Kier molecular flexibility index (Phi) is 5.29. The maximum atomic E-state index is 12.0. The largest absolute Gasteiger partial charge is 0.392 e. The van der Waals surface area contributed by atoms with Gasteiger partial charge in [-0.25, -0.2) is 8.42 Å². The summed E-state index contributed by atoms with van der Waals surface area (Å²) in [4.78, 5) is 10.9. The van der Waals surface area contributed by atoms with E-state index in [-0.39, 0.29) is 20.4 Å². The topological polar surface area (TPSA) is 127 Å². The van der Waals surface area contributed by atoms with E-state index >= 15 is 0 Å². The van der Waals surface area contributed by atoms with E-state index in [9.17, 15) is 13.2 Å². The van der Waals surface area contributed by atoms with E-state index in [0.29, 0.717) is 6.42 Å². The van der Waals surface area contributed by atoms with Crippen molar-refractivity contribution in [1.29, 1.82) is 0 Å². The lowest BCUT2D eigenvalue weighted by atomic mass is 10.2. The van der Waals surface area contributed by atoms with Crippen LogP contribution in [0.1, 0.15) is 20.3 Å². The Morgan fingerprint density at radius 1 is 1.53 bits per heavy atom. The number of thiocarbonyl (C=S) groups is 1. The van der Waals surface area contributed by atoms with Gasteiger partial charge in [0, 0.05) is 6.92 Å². The number of sulfonamides is 1. The molecule has 0 aromatic carbocycles. The standard InChI is InChI=1S/C8H13N5O3S3/c1-3-5(6(9)17)13-19(15,16)8-12-11-7(18-8)10-4(2)14/h5,13H,3H2,1-2H3,(H2,9,17)(H,10,11,14). The van der Waals surface area contributed by atoms with E-state index < -0.39 is 16.1 Å². The molecule has 19 heavy (non-hydrogen) atoms. The van der Waals surface area contributed by atoms with Gasteiger partial charge in [0.2, 0.25) is 15.4 Å². The lowest BCUT2D eigenvalue weighted by Gasteiger charge is -2.13. The molecule has 1 aromatic heterocycles. The summed E-state index contributed by atoms with van der Waals surface area (Å²) < 4.78 is 26.0. The van der Waals surface area contributed by atoms with Gasteiger partial charge in [0.05, 0.1) is 11.0 Å². The fourth-order valence-electron chi connectivity index (χ4n) is 1.10. The zero-order valence-corrected chi connectivity index (χ0v) is 12.7. The van der Waals surface area contributed by atoms with Crippen LogP contribution in [-0.2, 0) is 14.8 Å². The Balaban J connectivity index is 2.91. The molecule has 1 amide bonds. The first-order valence-corrected chi connectivity index (χ1v) is 7.89. The number of hydrogen-bond donors (Lipinski definition) is 3. The smallest absolute Gasteiger partial charge is 0.270 e. The summed E-state index contributed by atoms with van der Waals surface area (Å²) in [6.07, 6.45) is 0.423. The summed E-state index contributed by atoms with van der Waals surface area (Å²) in [5.74, 6) is -0.359. The monoisotopic (exact) mass is 323 g/mol. The molecule has 1 unspecified atom stereocenters. The maximum absolute atomic E-state index is 12.0. The van der Waals surface area contributed by atoms with Crippen LogP contribution in [0.5, 0.6) is 0 Å². The van der Waals surface area contributed by atoms with Crippen LogP contribution in [-0.4, -0.2) is 35.6 Å². The van der Waals surface area contributed by atoms with E-state index in [0.717, 1.165) is 11.3 Å². The van der Waals surface area contributed by atoms with Crippen molar-refractivity contribution in [1.82, 2.24) is 14.9 Å². The minimum absolute atomic E-state index is 0.0534. The van der Waals surface area contributed by atoms with Gasteiger partial charge in [0.25, 0.3) is 10.0 Å². The summed E-state index contributed by atoms with van der Waals surface area (Å²) in [7, 11) is -3.86. The molecule has 0 saturated heterocycles. The number of carbonyl (C=O) groups excluding carboxylic acids is 1. The number of rotatable bonds is 6. The van der Waals surface area contributed by atoms with Crippen LogP contribution in [0.25, 0.3) is 0 Å². The maximum Gasteiger partial charge on any atom is 0.270 e. The van der Waals surface area contributed by atoms with Crippen molar-refractivity contribution >= 4 is 49.6 Å². The van der Waals surface area contributed by atoms with Crippen LogP contribution in [0.15, 0.2) is 4.34 Å². The van der Waals surface area contributed by atoms with Crippen molar-refractivity contribution in [3.05, 3.63) is 0 Å². The second-order valence-corrected chi connectivity index (χ2v) is 6.88. The van der Waals surface area contributed by atoms with Crippen molar-refractivity contribution in [2.75, 3.05) is 5.32 Å². The zero-order valence-electron chi connectivity index (χ0n) is 10.2. The zero-order chi connectivity index (χ0) is 14.6. The normalized spacial score (nSPS) is 12.9. The van der Waals surface area contributed by atoms with Crippen LogP contribution >= 0.6 is 23.6 Å². The van der Waals surface area contributed by atoms with E-state index in [4.69, 9.17) is 18.0 Å². The minimum atomic E-state index is -3.86. The van der Waals surface area contributed by atoms with Gasteiger partial charge in [-0.3, -0.25) is 4.79 Å². The van der Waals surface area contributed by atoms with Crippen molar-refractivity contribution in [2.45, 2.75) is 30.6 Å². The molecule has 11 heteroatoms. The molecule has 1 rings (SSSR count). The second kappa shape index (κ2) is 6.32. The van der Waals surface area contributed by atoms with Crippen LogP contribution in [0.2, 0.25) is 0 Å². The van der Waals surface area contributed by atoms with Crippen LogP contribution in [0.3, 0.4) is 0 Å². The Bertz CT molecular complexity index is 582. The number of carbonyl (C=O) groups is 1. The third-order valence-corrected chi connectivity index (χ3v) is 4.93. The van der Waals surface area contributed by atoms with Gasteiger partial charge in [-0.1, -0.05) is 30.5 Å². The third kappa shape index (κ3) is 4.45. The van der Waals surface area contributed by atoms with Crippen molar-refractivity contribution in [2.24, 2.45) is 5.73 Å². The lowest BCUT2D eigenvalue weighted by molar-refractivity contribution is -0.114. The first-order chi connectivity index (χ1) is 8.76. The van der Waals surface area contributed by atoms with Gasteiger partial charge in [0.1, 0.15) is 0 Å². The van der Waals surface area contributed by atoms with Gasteiger partial charge in [-0.15, -0.1) is 10.2 Å². The summed E-state index contributed by atoms with van der Waals surface area (Å²) in [6.45, 7) is 3.03. The third-order valence-electron chi connectivity index (χ3n) is 1.97. The van der Waals surface area contributed by atoms with Crippen molar-refractivity contribution in [3.63, 3.8) is 0 Å². The number of nitrogens with zero attached hydrogens (tertiary/aromatic N) is 2. The van der Waals surface area contributed by atoms with Crippen molar-refractivity contribution < 1.29 is 13.2 Å². The molecular formula is C8H13N5O3S3. The average molecular weight is 323 g/mol. The Labute approximate surface area is 119 Å². The molecular weight excluding hydrogens is 310 g/mol. The highest BCUT2D eigenvalue weighted by atomic mass is 32.2. The summed E-state index contributed by atoms with van der Waals surface area (Å²) in [5.41, 5.74) is 5.42. The fourth-order valence-corrected chi connectivity index (χ4v) is 3.66. The molecule has 0 aliphatic heterocycles. The number of anilines is 1. The molecule has 0 aliphatic carbocycles. The SMILES string of the molecule is CCC(NS(=O)(=O)c1nnc(NC(C)=O)s1)C(N)=S. The predicted octanol–water partition coefficient (Wildman–Crippen LogP) is -0.160. The number of amides is 1. The first-order valence-electron chi connectivity index (χ1n) is 5.19. The van der Waals surface area contributed by atoms with E-state index in [1.165, 1.54) is 6.92 Å². The van der Waals surface area contributed by atoms with Gasteiger partial charge in [0.15, 0.2) is 0 Å². The average Bonchev–Trinajstić information content (AvgIpc) is 2.73. The molecule has 106 valence electrons. The Hall–Kier alpha value is -1.17. The summed E-state index contributed by atoms with van der Waals surface area (Å²) in [6, 6.07) is -0.645. The molecule has 8 nitrogen and oxygen atoms in total. The van der Waals surface area contributed by atoms with Gasteiger partial charge < -0.3 is 11.1 Å². The van der Waals surface area contributed by atoms with E-state index in [1.807, 2.05) is 0 Å². The number of nitrogens with one attached hydrogen (secondary N) is 2. The first kappa shape index (κ1) is 15.9. The lowest BCUT2D eigenvalue weighted by Crippen LogP contribution is -2.42. The minimum Gasteiger partial charge on any atom is -0.392 e. The summed E-state index contributed by atoms with van der Waals surface area (Å²) in [5, 5.41) is 9.52. The van der Waals surface area contributed by atoms with Crippen molar-refractivity contribution in [3.8, 4) is 0 Å². The van der Waals surface area contributed by atoms with Crippen LogP contribution in [0, 0.1) is 0 Å². The molecule has 1 aromatic rings. The summed E-state index contributed by atoms with van der Waals surface area (Å²) >= 11 is 5.50. The number of aromatic nitrogens is 2. The van der Waals surface area contributed by atoms with E-state index in [1.54, 1.807) is 6.92 Å². The molecule has 0 fully saturated rings. The highest BCUT2D eigenvalue weighted by Crippen LogP contribution is 2.20. The Morgan fingerprint density at radius 2 is 2.16 bits per heavy atom. The molecule has 0 bridgehead atoms. The molecule has 1 heterocycles. The van der Waals surface area contributed by atoms with E-state index in [2.05, 4.69) is 20.2 Å². The fraction of sp³-hybridized carbons (Fsp3) is 0.500. The second-order valence-electron chi connectivity index (χ2n) is 3.54. The molecule has 1 atom stereocenters. The predicted molar refractivity (Wildman–Crippen MR) is 75.4 cm³/mol. The Morgan fingerprint density at radius 3 is 2.63 bits per heavy atom.